The highest BCUT2D eigenvalue weighted by atomic mass is 16.5. The summed E-state index contributed by atoms with van der Waals surface area (Å²) in [6.07, 6.45) is 7.25. The van der Waals surface area contributed by atoms with Gasteiger partial charge >= 0.3 is 0 Å². The fourth-order valence-corrected chi connectivity index (χ4v) is 4.02. The summed E-state index contributed by atoms with van der Waals surface area (Å²) < 4.78 is 10.7. The lowest BCUT2D eigenvalue weighted by Gasteiger charge is -2.34. The zero-order valence-corrected chi connectivity index (χ0v) is 13.6. The zero-order chi connectivity index (χ0) is 15.5. The van der Waals surface area contributed by atoms with E-state index in [0.717, 1.165) is 37.8 Å². The van der Waals surface area contributed by atoms with Gasteiger partial charge in [-0.2, -0.15) is 0 Å². The minimum Gasteiger partial charge on any atom is -0.504 e. The molecule has 1 heterocycles. The Morgan fingerprint density at radius 1 is 1.18 bits per heavy atom. The van der Waals surface area contributed by atoms with Crippen LogP contribution in [0.25, 0.3) is 0 Å². The second-order valence-electron chi connectivity index (χ2n) is 6.56. The Kier molecular flexibility index (Phi) is 4.89. The fourth-order valence-electron chi connectivity index (χ4n) is 4.02. The summed E-state index contributed by atoms with van der Waals surface area (Å²) in [6.45, 7) is 0.983. The van der Waals surface area contributed by atoms with Crippen LogP contribution in [-0.2, 0) is 11.2 Å². The predicted molar refractivity (Wildman–Crippen MR) is 86.5 cm³/mol. The normalized spacial score (nSPS) is 28.2. The van der Waals surface area contributed by atoms with E-state index in [1.54, 1.807) is 7.11 Å². The van der Waals surface area contributed by atoms with E-state index >= 15 is 0 Å². The molecule has 1 saturated carbocycles. The number of hydrogen-bond acceptors (Lipinski definition) is 4. The molecule has 1 aliphatic carbocycles. The van der Waals surface area contributed by atoms with E-state index in [2.05, 4.69) is 11.4 Å². The van der Waals surface area contributed by atoms with Crippen LogP contribution in [0.15, 0.2) is 12.1 Å². The Bertz CT molecular complexity index is 509. The average Bonchev–Trinajstić information content (AvgIpc) is 2.56. The smallest absolute Gasteiger partial charge is 0.162 e. The monoisotopic (exact) mass is 305 g/mol. The van der Waals surface area contributed by atoms with Gasteiger partial charge in [0.15, 0.2) is 11.5 Å². The van der Waals surface area contributed by atoms with Crippen molar-refractivity contribution in [2.75, 3.05) is 20.8 Å². The van der Waals surface area contributed by atoms with Crippen molar-refractivity contribution in [1.29, 1.82) is 0 Å². The Labute approximate surface area is 132 Å². The van der Waals surface area contributed by atoms with Crippen LogP contribution >= 0.6 is 0 Å². The number of phenolic OH excluding ortho intramolecular Hbond substituents is 1. The predicted octanol–water partition coefficient (Wildman–Crippen LogP) is 3.18. The Hall–Kier alpha value is -1.26. The third-order valence-corrected chi connectivity index (χ3v) is 5.32. The van der Waals surface area contributed by atoms with Crippen molar-refractivity contribution in [3.8, 4) is 11.5 Å². The van der Waals surface area contributed by atoms with Crippen molar-refractivity contribution in [3.63, 3.8) is 0 Å². The van der Waals surface area contributed by atoms with E-state index in [4.69, 9.17) is 9.47 Å². The minimum atomic E-state index is 0.239. The standard InChI is InChI=1S/C18H27NO3/c1-21-14-6-3-12(4-7-14)11-15-17-13(9-10-19-15)5-8-16(22-2)18(17)20/h5,8,12,14-15,19-20H,3-4,6-7,9-11H2,1-2H3. The lowest BCUT2D eigenvalue weighted by molar-refractivity contribution is 0.0536. The molecular formula is C18H27NO3. The Morgan fingerprint density at radius 2 is 1.95 bits per heavy atom. The lowest BCUT2D eigenvalue weighted by Crippen LogP contribution is -2.32. The van der Waals surface area contributed by atoms with Crippen molar-refractivity contribution in [3.05, 3.63) is 23.3 Å². The van der Waals surface area contributed by atoms with Gasteiger partial charge in [0, 0.05) is 18.7 Å². The zero-order valence-electron chi connectivity index (χ0n) is 13.6. The van der Waals surface area contributed by atoms with Gasteiger partial charge in [-0.25, -0.2) is 0 Å². The highest BCUT2D eigenvalue weighted by Crippen LogP contribution is 2.42. The van der Waals surface area contributed by atoms with Crippen LogP contribution in [0.5, 0.6) is 11.5 Å². The van der Waals surface area contributed by atoms with Crippen molar-refractivity contribution in [2.45, 2.75) is 50.7 Å². The third-order valence-electron chi connectivity index (χ3n) is 5.32. The maximum Gasteiger partial charge on any atom is 0.162 e. The number of nitrogens with one attached hydrogen (secondary N) is 1. The molecule has 0 bridgehead atoms. The molecule has 0 amide bonds. The molecule has 2 aliphatic rings. The maximum absolute atomic E-state index is 10.5. The molecule has 1 aromatic carbocycles. The summed E-state index contributed by atoms with van der Waals surface area (Å²) in [5.74, 6) is 1.61. The van der Waals surface area contributed by atoms with Gasteiger partial charge in [-0.1, -0.05) is 6.07 Å². The fraction of sp³-hybridized carbons (Fsp3) is 0.667. The summed E-state index contributed by atoms with van der Waals surface area (Å²) in [4.78, 5) is 0. The van der Waals surface area contributed by atoms with Crippen molar-refractivity contribution in [2.24, 2.45) is 5.92 Å². The second-order valence-corrected chi connectivity index (χ2v) is 6.56. The van der Waals surface area contributed by atoms with Gasteiger partial charge in [-0.3, -0.25) is 0 Å². The van der Waals surface area contributed by atoms with Crippen LogP contribution in [0, 0.1) is 5.92 Å². The van der Waals surface area contributed by atoms with Gasteiger partial charge in [0.1, 0.15) is 0 Å². The Balaban J connectivity index is 1.74. The van der Waals surface area contributed by atoms with Crippen LogP contribution in [0.1, 0.15) is 49.3 Å². The largest absolute Gasteiger partial charge is 0.504 e. The Morgan fingerprint density at radius 3 is 2.64 bits per heavy atom. The summed E-state index contributed by atoms with van der Waals surface area (Å²) in [5.41, 5.74) is 2.31. The van der Waals surface area contributed by atoms with E-state index in [-0.39, 0.29) is 6.04 Å². The lowest BCUT2D eigenvalue weighted by atomic mass is 9.80. The molecule has 1 fully saturated rings. The molecular weight excluding hydrogens is 278 g/mol. The number of rotatable bonds is 4. The minimum absolute atomic E-state index is 0.239. The van der Waals surface area contributed by atoms with Gasteiger partial charge in [-0.15, -0.1) is 0 Å². The molecule has 3 rings (SSSR count). The first-order chi connectivity index (χ1) is 10.7. The van der Waals surface area contributed by atoms with E-state index in [1.807, 2.05) is 13.2 Å². The summed E-state index contributed by atoms with van der Waals surface area (Å²) in [6, 6.07) is 4.21. The number of fused-ring (bicyclic) bond motifs is 1. The van der Waals surface area contributed by atoms with Crippen LogP contribution in [0.4, 0.5) is 0 Å². The molecule has 1 atom stereocenters. The highest BCUT2D eigenvalue weighted by molar-refractivity contribution is 5.52. The first-order valence-corrected chi connectivity index (χ1v) is 8.37. The number of benzene rings is 1. The van der Waals surface area contributed by atoms with Crippen LogP contribution < -0.4 is 10.1 Å². The molecule has 4 nitrogen and oxygen atoms in total. The molecule has 0 radical (unpaired) electrons. The van der Waals surface area contributed by atoms with Crippen LogP contribution in [0.3, 0.4) is 0 Å². The first kappa shape index (κ1) is 15.6. The van der Waals surface area contributed by atoms with Crippen LogP contribution in [-0.4, -0.2) is 32.0 Å². The van der Waals surface area contributed by atoms with E-state index in [9.17, 15) is 5.11 Å². The second kappa shape index (κ2) is 6.88. The quantitative estimate of drug-likeness (QED) is 0.897. The topological polar surface area (TPSA) is 50.7 Å². The van der Waals surface area contributed by atoms with E-state index in [1.165, 1.54) is 18.4 Å². The number of aromatic hydroxyl groups is 1. The number of ether oxygens (including phenoxy) is 2. The highest BCUT2D eigenvalue weighted by Gasteiger charge is 2.29. The number of hydrogen-bond donors (Lipinski definition) is 2. The molecule has 1 aliphatic heterocycles. The summed E-state index contributed by atoms with van der Waals surface area (Å²) in [5, 5.41) is 14.1. The van der Waals surface area contributed by atoms with E-state index < -0.39 is 0 Å². The van der Waals surface area contributed by atoms with Gasteiger partial charge < -0.3 is 19.9 Å². The van der Waals surface area contributed by atoms with Gasteiger partial charge in [-0.05, 0) is 62.6 Å². The number of methoxy groups -OCH3 is 2. The molecule has 1 aromatic rings. The SMILES string of the molecule is COc1ccc2c(c1O)C(CC1CCC(OC)CC1)NCC2. The number of phenols is 1. The van der Waals surface area contributed by atoms with Crippen molar-refractivity contribution in [1.82, 2.24) is 5.32 Å². The molecule has 2 N–H and O–H groups in total. The maximum atomic E-state index is 10.5. The van der Waals surface area contributed by atoms with Crippen LogP contribution in [0.2, 0.25) is 0 Å². The third kappa shape index (κ3) is 3.08. The van der Waals surface area contributed by atoms with E-state index in [0.29, 0.717) is 23.5 Å². The molecule has 0 spiro atoms. The molecule has 4 heteroatoms. The summed E-state index contributed by atoms with van der Waals surface area (Å²) >= 11 is 0. The molecule has 0 saturated heterocycles. The average molecular weight is 305 g/mol. The first-order valence-electron chi connectivity index (χ1n) is 8.37. The van der Waals surface area contributed by atoms with Gasteiger partial charge in [0.05, 0.1) is 13.2 Å². The van der Waals surface area contributed by atoms with Gasteiger partial charge in [0.2, 0.25) is 0 Å². The van der Waals surface area contributed by atoms with Crippen molar-refractivity contribution < 1.29 is 14.6 Å². The summed E-state index contributed by atoms with van der Waals surface area (Å²) in [7, 11) is 3.42. The van der Waals surface area contributed by atoms with Gasteiger partial charge in [0.25, 0.3) is 0 Å². The molecule has 122 valence electrons. The molecule has 1 unspecified atom stereocenters. The molecule has 0 aromatic heterocycles. The molecule has 22 heavy (non-hydrogen) atoms. The van der Waals surface area contributed by atoms with Crippen molar-refractivity contribution >= 4 is 0 Å².